The van der Waals surface area contributed by atoms with Gasteiger partial charge in [-0.05, 0) is 67.9 Å². The Hall–Kier alpha value is -3.98. The molecule has 4 atom stereocenters. The third-order valence-electron chi connectivity index (χ3n) is 10.0. The highest BCUT2D eigenvalue weighted by atomic mass is 16.3. The molecule has 0 spiro atoms. The van der Waals surface area contributed by atoms with E-state index in [0.29, 0.717) is 12.1 Å². The van der Waals surface area contributed by atoms with Crippen molar-refractivity contribution in [2.45, 2.75) is 50.6 Å². The Balaban J connectivity index is 1.31. The average molecular weight is 509 g/mol. The van der Waals surface area contributed by atoms with Crippen LogP contribution in [-0.4, -0.2) is 16.7 Å². The van der Waals surface area contributed by atoms with Crippen LogP contribution in [0.1, 0.15) is 38.5 Å². The lowest BCUT2D eigenvalue weighted by atomic mass is 9.75. The summed E-state index contributed by atoms with van der Waals surface area (Å²) in [5, 5.41) is 4.94. The van der Waals surface area contributed by atoms with Crippen LogP contribution in [0.15, 0.2) is 101 Å². The minimum absolute atomic E-state index is 0.529. The van der Waals surface area contributed by atoms with Crippen molar-refractivity contribution in [3.8, 4) is 5.69 Å². The van der Waals surface area contributed by atoms with Crippen LogP contribution in [0.4, 0.5) is 5.69 Å². The Morgan fingerprint density at radius 2 is 1.49 bits per heavy atom. The Kier molecular flexibility index (Phi) is 4.64. The molecule has 2 fully saturated rings. The molecule has 2 aliphatic carbocycles. The summed E-state index contributed by atoms with van der Waals surface area (Å²) in [7, 11) is 0. The van der Waals surface area contributed by atoms with Gasteiger partial charge in [-0.2, -0.15) is 0 Å². The summed E-state index contributed by atoms with van der Waals surface area (Å²) in [6.07, 6.45) is 13.0. The summed E-state index contributed by atoms with van der Waals surface area (Å²) in [5.41, 5.74) is 6.87. The molecule has 4 unspecified atom stereocenters. The van der Waals surface area contributed by atoms with Gasteiger partial charge >= 0.3 is 0 Å². The molecule has 192 valence electrons. The monoisotopic (exact) mass is 508 g/mol. The molecule has 39 heavy (non-hydrogen) atoms. The van der Waals surface area contributed by atoms with Gasteiger partial charge in [0.05, 0.1) is 22.8 Å². The van der Waals surface area contributed by atoms with Gasteiger partial charge in [0.2, 0.25) is 0 Å². The molecule has 1 saturated carbocycles. The molecular formula is C36H32N2O. The molecule has 3 heterocycles. The van der Waals surface area contributed by atoms with Gasteiger partial charge in [-0.15, -0.1) is 0 Å². The molecular weight excluding hydrogens is 476 g/mol. The van der Waals surface area contributed by atoms with Crippen molar-refractivity contribution in [2.75, 3.05) is 4.90 Å². The number of furan rings is 1. The van der Waals surface area contributed by atoms with Gasteiger partial charge in [0.25, 0.3) is 0 Å². The maximum absolute atomic E-state index is 6.54. The second kappa shape index (κ2) is 8.26. The highest BCUT2D eigenvalue weighted by Crippen LogP contribution is 2.50. The number of para-hydroxylation sites is 3. The molecule has 6 aromatic rings. The first-order chi connectivity index (χ1) is 19.4. The topological polar surface area (TPSA) is 21.3 Å². The summed E-state index contributed by atoms with van der Waals surface area (Å²) < 4.78 is 8.98. The minimum Gasteiger partial charge on any atom is -0.454 e. The van der Waals surface area contributed by atoms with E-state index < -0.39 is 0 Å². The molecule has 0 bridgehead atoms. The van der Waals surface area contributed by atoms with Crippen LogP contribution in [0.25, 0.3) is 49.4 Å². The lowest BCUT2D eigenvalue weighted by Gasteiger charge is -2.35. The largest absolute Gasteiger partial charge is 0.454 e. The van der Waals surface area contributed by atoms with Crippen LogP contribution in [0.5, 0.6) is 0 Å². The van der Waals surface area contributed by atoms with Gasteiger partial charge in [0, 0.05) is 33.3 Å². The first-order valence-corrected chi connectivity index (χ1v) is 14.8. The molecule has 0 amide bonds. The van der Waals surface area contributed by atoms with E-state index >= 15 is 0 Å². The van der Waals surface area contributed by atoms with Crippen molar-refractivity contribution in [3.63, 3.8) is 0 Å². The highest BCUT2D eigenvalue weighted by molar-refractivity contribution is 6.13. The molecule has 0 radical (unpaired) electrons. The zero-order chi connectivity index (χ0) is 25.5. The molecule has 2 aromatic heterocycles. The molecule has 1 saturated heterocycles. The number of allylic oxidation sites excluding steroid dienone is 1. The van der Waals surface area contributed by atoms with E-state index in [0.717, 1.165) is 28.7 Å². The van der Waals surface area contributed by atoms with Crippen LogP contribution >= 0.6 is 0 Å². The zero-order valence-electron chi connectivity index (χ0n) is 22.1. The van der Waals surface area contributed by atoms with Crippen molar-refractivity contribution in [3.05, 3.63) is 97.1 Å². The van der Waals surface area contributed by atoms with E-state index in [1.54, 1.807) is 0 Å². The van der Waals surface area contributed by atoms with Crippen LogP contribution < -0.4 is 4.90 Å². The number of anilines is 1. The second-order valence-electron chi connectivity index (χ2n) is 11.9. The fourth-order valence-electron chi connectivity index (χ4n) is 8.46. The van der Waals surface area contributed by atoms with Gasteiger partial charge in [-0.25, -0.2) is 0 Å². The van der Waals surface area contributed by atoms with Crippen LogP contribution in [0.3, 0.4) is 0 Å². The van der Waals surface area contributed by atoms with Crippen LogP contribution in [0.2, 0.25) is 0 Å². The summed E-state index contributed by atoms with van der Waals surface area (Å²) in [6.45, 7) is 0. The van der Waals surface area contributed by atoms with Crippen molar-refractivity contribution < 1.29 is 4.42 Å². The summed E-state index contributed by atoms with van der Waals surface area (Å²) in [6, 6.07) is 32.2. The summed E-state index contributed by atoms with van der Waals surface area (Å²) >= 11 is 0. The maximum Gasteiger partial charge on any atom is 0.159 e. The lowest BCUT2D eigenvalue weighted by Crippen LogP contribution is -2.38. The fraction of sp³-hybridized carbons (Fsp3) is 0.278. The minimum atomic E-state index is 0.529. The normalized spacial score (nSPS) is 24.7. The molecule has 1 aliphatic heterocycles. The smallest absolute Gasteiger partial charge is 0.159 e. The first-order valence-electron chi connectivity index (χ1n) is 14.8. The first kappa shape index (κ1) is 21.9. The second-order valence-corrected chi connectivity index (χ2v) is 11.9. The van der Waals surface area contributed by atoms with Crippen molar-refractivity contribution in [1.29, 1.82) is 0 Å². The van der Waals surface area contributed by atoms with Crippen molar-refractivity contribution in [2.24, 2.45) is 11.8 Å². The van der Waals surface area contributed by atoms with E-state index in [1.165, 1.54) is 76.8 Å². The summed E-state index contributed by atoms with van der Waals surface area (Å²) in [5.74, 6) is 1.63. The predicted octanol–water partition coefficient (Wildman–Crippen LogP) is 9.40. The fourth-order valence-corrected chi connectivity index (χ4v) is 8.46. The van der Waals surface area contributed by atoms with E-state index in [9.17, 15) is 0 Å². The van der Waals surface area contributed by atoms with Crippen LogP contribution in [0, 0.1) is 11.8 Å². The standard InChI is InChI=1S/C36H32N2O/c1-5-15-30-24(10-1)25-11-2-6-16-31(25)37(30)23-20-21-27-26-12-3-7-17-32(26)38(34(27)22-23)33-18-9-14-29-28-13-4-8-19-35(28)39-36(29)33/h3-5,7-9,12-15,17-22,24-25,30-31H,1-2,6,10-11,16H2. The number of hydrogen-bond acceptors (Lipinski definition) is 2. The van der Waals surface area contributed by atoms with E-state index in [-0.39, 0.29) is 0 Å². The van der Waals surface area contributed by atoms with Gasteiger partial charge in [0.1, 0.15) is 5.58 Å². The zero-order valence-corrected chi connectivity index (χ0v) is 22.1. The van der Waals surface area contributed by atoms with E-state index in [1.807, 2.05) is 0 Å². The molecule has 0 N–H and O–H groups in total. The maximum atomic E-state index is 6.54. The van der Waals surface area contributed by atoms with E-state index in [2.05, 4.69) is 107 Å². The lowest BCUT2D eigenvalue weighted by molar-refractivity contribution is 0.262. The number of hydrogen-bond donors (Lipinski definition) is 0. The Morgan fingerprint density at radius 1 is 0.667 bits per heavy atom. The predicted molar refractivity (Wildman–Crippen MR) is 162 cm³/mol. The van der Waals surface area contributed by atoms with Gasteiger partial charge in [-0.3, -0.25) is 0 Å². The Labute approximate surface area is 228 Å². The number of benzene rings is 4. The number of rotatable bonds is 2. The quantitative estimate of drug-likeness (QED) is 0.217. The highest BCUT2D eigenvalue weighted by Gasteiger charge is 2.48. The molecule has 3 heteroatoms. The van der Waals surface area contributed by atoms with Crippen molar-refractivity contribution >= 4 is 49.4 Å². The van der Waals surface area contributed by atoms with Gasteiger partial charge < -0.3 is 13.9 Å². The van der Waals surface area contributed by atoms with Crippen LogP contribution in [-0.2, 0) is 0 Å². The number of nitrogens with zero attached hydrogens (tertiary/aromatic N) is 2. The molecule has 3 nitrogen and oxygen atoms in total. The third-order valence-corrected chi connectivity index (χ3v) is 10.0. The SMILES string of the molecule is C1=CC2C(CC1)C1CCCCC1N2c1ccc2c3ccccc3n(-c3cccc4c3oc3ccccc34)c2c1. The number of fused-ring (bicyclic) bond motifs is 9. The molecule has 3 aliphatic rings. The number of aromatic nitrogens is 1. The Morgan fingerprint density at radius 3 is 2.46 bits per heavy atom. The molecule has 4 aromatic carbocycles. The van der Waals surface area contributed by atoms with Gasteiger partial charge in [-0.1, -0.05) is 79.6 Å². The summed E-state index contributed by atoms with van der Waals surface area (Å²) in [4.78, 5) is 2.81. The van der Waals surface area contributed by atoms with E-state index in [4.69, 9.17) is 4.42 Å². The van der Waals surface area contributed by atoms with Crippen molar-refractivity contribution in [1.82, 2.24) is 4.57 Å². The Bertz CT molecular complexity index is 1920. The molecule has 9 rings (SSSR count). The van der Waals surface area contributed by atoms with Gasteiger partial charge in [0.15, 0.2) is 5.58 Å². The average Bonchev–Trinajstić information content (AvgIpc) is 3.65. The third kappa shape index (κ3) is 3.05.